The highest BCUT2D eigenvalue weighted by molar-refractivity contribution is 5.95. The van der Waals surface area contributed by atoms with Gasteiger partial charge in [0.2, 0.25) is 0 Å². The number of amides is 2. The molecule has 3 atom stereocenters. The summed E-state index contributed by atoms with van der Waals surface area (Å²) in [5, 5.41) is 9.02. The van der Waals surface area contributed by atoms with Crippen molar-refractivity contribution in [1.82, 2.24) is 4.90 Å². The van der Waals surface area contributed by atoms with Gasteiger partial charge in [-0.05, 0) is 48.9 Å². The Kier molecular flexibility index (Phi) is 4.73. The third-order valence-corrected chi connectivity index (χ3v) is 6.10. The van der Waals surface area contributed by atoms with Crippen LogP contribution in [0.15, 0.2) is 48.5 Å². The number of nitriles is 1. The molecule has 1 aliphatic heterocycles. The first-order valence-corrected chi connectivity index (χ1v) is 9.53. The fourth-order valence-electron chi connectivity index (χ4n) is 4.65. The fourth-order valence-corrected chi connectivity index (χ4v) is 4.65. The van der Waals surface area contributed by atoms with E-state index in [9.17, 15) is 18.0 Å². The molecule has 0 bridgehead atoms. The number of likely N-dealkylation sites (N-methyl/N-ethyl adjacent to an activating group) is 1. The molecule has 1 saturated heterocycles. The molecule has 0 radical (unpaired) electrons. The van der Waals surface area contributed by atoms with Crippen molar-refractivity contribution < 1.29 is 18.0 Å². The van der Waals surface area contributed by atoms with Gasteiger partial charge in [-0.15, -0.1) is 0 Å². The first-order chi connectivity index (χ1) is 13.8. The maximum Gasteiger partial charge on any atom is 0.417 e. The predicted octanol–water partition coefficient (Wildman–Crippen LogP) is 5.15. The predicted molar refractivity (Wildman–Crippen MR) is 102 cm³/mol. The lowest BCUT2D eigenvalue weighted by molar-refractivity contribution is -0.137. The summed E-state index contributed by atoms with van der Waals surface area (Å²) < 4.78 is 40.1. The van der Waals surface area contributed by atoms with Crippen LogP contribution in [0.5, 0.6) is 0 Å². The summed E-state index contributed by atoms with van der Waals surface area (Å²) in [5.41, 5.74) is -0.0261. The number of nitrogens with zero attached hydrogens (tertiary/aromatic N) is 3. The quantitative estimate of drug-likeness (QED) is 0.701. The molecule has 2 aromatic carbocycles. The van der Waals surface area contributed by atoms with E-state index in [1.807, 2.05) is 18.2 Å². The summed E-state index contributed by atoms with van der Waals surface area (Å²) in [6.07, 6.45) is -2.30. The van der Waals surface area contributed by atoms with Gasteiger partial charge in [-0.2, -0.15) is 18.4 Å². The number of carbonyl (C=O) groups excluding carboxylic acids is 1. The Morgan fingerprint density at radius 2 is 1.79 bits per heavy atom. The van der Waals surface area contributed by atoms with E-state index in [0.717, 1.165) is 25.0 Å². The van der Waals surface area contributed by atoms with Crippen molar-refractivity contribution in [2.75, 3.05) is 11.9 Å². The molecule has 1 heterocycles. The van der Waals surface area contributed by atoms with Crippen LogP contribution in [0.2, 0.25) is 0 Å². The third-order valence-electron chi connectivity index (χ3n) is 6.10. The molecule has 2 amide bonds. The van der Waals surface area contributed by atoms with Crippen molar-refractivity contribution in [3.63, 3.8) is 0 Å². The summed E-state index contributed by atoms with van der Waals surface area (Å²) in [6.45, 7) is 0. The van der Waals surface area contributed by atoms with Crippen LogP contribution in [0.3, 0.4) is 0 Å². The molecular weight excluding hydrogens is 379 g/mol. The molecule has 2 fully saturated rings. The maximum atomic E-state index is 13.4. The Balaban J connectivity index is 1.66. The van der Waals surface area contributed by atoms with Gasteiger partial charge >= 0.3 is 12.2 Å². The summed E-state index contributed by atoms with van der Waals surface area (Å²) in [4.78, 5) is 16.1. The topological polar surface area (TPSA) is 47.3 Å². The number of hydrogen-bond acceptors (Lipinski definition) is 2. The minimum absolute atomic E-state index is 0.0635. The number of urea groups is 1. The molecule has 0 aromatic heterocycles. The molecule has 1 aliphatic carbocycles. The third kappa shape index (κ3) is 3.33. The van der Waals surface area contributed by atoms with Crippen molar-refractivity contribution in [3.8, 4) is 6.07 Å². The first kappa shape index (κ1) is 19.3. The number of carbonyl (C=O) groups is 1. The van der Waals surface area contributed by atoms with E-state index in [-0.39, 0.29) is 23.8 Å². The van der Waals surface area contributed by atoms with Gasteiger partial charge in [0.05, 0.1) is 29.3 Å². The van der Waals surface area contributed by atoms with E-state index in [2.05, 4.69) is 12.1 Å². The van der Waals surface area contributed by atoms with Crippen LogP contribution < -0.4 is 4.90 Å². The lowest BCUT2D eigenvalue weighted by Crippen LogP contribution is -2.41. The molecule has 7 heteroatoms. The standard InChI is InChI=1S/C22H20F3N3O/c1-27-20-11-15(14-5-3-2-4-6-14)8-10-19(20)28(21(27)29)17-9-7-16(13-26)18(12-17)22(23,24)25/h2-7,9,12,15,19-20H,8,10-11H2,1H3/t15?,19-,20-/m0/s1. The summed E-state index contributed by atoms with van der Waals surface area (Å²) >= 11 is 0. The van der Waals surface area contributed by atoms with Gasteiger partial charge in [0.15, 0.2) is 0 Å². The van der Waals surface area contributed by atoms with Crippen LogP contribution in [0.25, 0.3) is 0 Å². The lowest BCUT2D eigenvalue weighted by atomic mass is 9.78. The number of fused-ring (bicyclic) bond motifs is 1. The van der Waals surface area contributed by atoms with E-state index in [1.165, 1.54) is 16.5 Å². The zero-order valence-corrected chi connectivity index (χ0v) is 15.9. The van der Waals surface area contributed by atoms with E-state index in [1.54, 1.807) is 18.0 Å². The van der Waals surface area contributed by atoms with Crippen molar-refractivity contribution in [2.45, 2.75) is 43.4 Å². The maximum absolute atomic E-state index is 13.4. The van der Waals surface area contributed by atoms with Crippen LogP contribution in [-0.4, -0.2) is 30.1 Å². The Morgan fingerprint density at radius 1 is 1.07 bits per heavy atom. The van der Waals surface area contributed by atoms with Gasteiger partial charge in [0.25, 0.3) is 0 Å². The van der Waals surface area contributed by atoms with Gasteiger partial charge in [0, 0.05) is 12.7 Å². The molecule has 4 rings (SSSR count). The Bertz CT molecular complexity index is 968. The molecule has 2 aromatic rings. The second-order valence-electron chi connectivity index (χ2n) is 7.66. The van der Waals surface area contributed by atoms with Crippen LogP contribution in [0.4, 0.5) is 23.7 Å². The highest BCUT2D eigenvalue weighted by atomic mass is 19.4. The monoisotopic (exact) mass is 399 g/mol. The molecule has 4 nitrogen and oxygen atoms in total. The summed E-state index contributed by atoms with van der Waals surface area (Å²) in [5.74, 6) is 0.319. The van der Waals surface area contributed by atoms with Gasteiger partial charge < -0.3 is 4.90 Å². The average Bonchev–Trinajstić information content (AvgIpc) is 2.97. The number of anilines is 1. The number of alkyl halides is 3. The molecule has 150 valence electrons. The van der Waals surface area contributed by atoms with Crippen molar-refractivity contribution in [1.29, 1.82) is 5.26 Å². The molecule has 29 heavy (non-hydrogen) atoms. The average molecular weight is 399 g/mol. The number of rotatable bonds is 2. The molecule has 2 aliphatic rings. The summed E-state index contributed by atoms with van der Waals surface area (Å²) in [7, 11) is 1.71. The zero-order chi connectivity index (χ0) is 20.8. The number of halogens is 3. The fraction of sp³-hybridized carbons (Fsp3) is 0.364. The highest BCUT2D eigenvalue weighted by Crippen LogP contribution is 2.43. The van der Waals surface area contributed by atoms with Gasteiger partial charge in [-0.25, -0.2) is 4.79 Å². The minimum Gasteiger partial charge on any atom is -0.322 e. The van der Waals surface area contributed by atoms with E-state index in [4.69, 9.17) is 5.26 Å². The van der Waals surface area contributed by atoms with Crippen LogP contribution in [0, 0.1) is 11.3 Å². The van der Waals surface area contributed by atoms with Crippen LogP contribution in [-0.2, 0) is 6.18 Å². The molecule has 1 unspecified atom stereocenters. The Hall–Kier alpha value is -3.01. The molecular formula is C22H20F3N3O. The Labute approximate surface area is 167 Å². The van der Waals surface area contributed by atoms with Crippen LogP contribution >= 0.6 is 0 Å². The van der Waals surface area contributed by atoms with Crippen molar-refractivity contribution in [2.24, 2.45) is 0 Å². The molecule has 1 saturated carbocycles. The zero-order valence-electron chi connectivity index (χ0n) is 15.9. The van der Waals surface area contributed by atoms with Crippen molar-refractivity contribution in [3.05, 3.63) is 65.2 Å². The van der Waals surface area contributed by atoms with E-state index in [0.29, 0.717) is 12.3 Å². The summed E-state index contributed by atoms with van der Waals surface area (Å²) in [6, 6.07) is 14.7. The molecule has 0 spiro atoms. The van der Waals surface area contributed by atoms with E-state index >= 15 is 0 Å². The second-order valence-corrected chi connectivity index (χ2v) is 7.66. The highest BCUT2D eigenvalue weighted by Gasteiger charge is 2.48. The number of hydrogen-bond donors (Lipinski definition) is 0. The molecule has 0 N–H and O–H groups in total. The van der Waals surface area contributed by atoms with Crippen molar-refractivity contribution >= 4 is 11.7 Å². The largest absolute Gasteiger partial charge is 0.417 e. The first-order valence-electron chi connectivity index (χ1n) is 9.53. The Morgan fingerprint density at radius 3 is 2.45 bits per heavy atom. The lowest BCUT2D eigenvalue weighted by Gasteiger charge is -2.36. The minimum atomic E-state index is -4.65. The van der Waals surface area contributed by atoms with Gasteiger partial charge in [-0.3, -0.25) is 4.90 Å². The number of benzene rings is 2. The van der Waals surface area contributed by atoms with E-state index < -0.39 is 17.3 Å². The SMILES string of the molecule is CN1C(=O)N(c2ccc(C#N)c(C(F)(F)F)c2)[C@H]2CCC(c3ccccc3)C[C@@H]21. The smallest absolute Gasteiger partial charge is 0.322 e. The van der Waals surface area contributed by atoms with Gasteiger partial charge in [-0.1, -0.05) is 30.3 Å². The van der Waals surface area contributed by atoms with Crippen LogP contribution in [0.1, 0.15) is 41.9 Å². The normalized spacial score (nSPS) is 24.4. The second kappa shape index (κ2) is 7.11. The van der Waals surface area contributed by atoms with Gasteiger partial charge in [0.1, 0.15) is 0 Å².